The molecule has 1 aliphatic carbocycles. The monoisotopic (exact) mass is 710 g/mol. The molecule has 0 amide bonds. The summed E-state index contributed by atoms with van der Waals surface area (Å²) in [7, 11) is -4.41. The average molecular weight is 712 g/mol. The van der Waals surface area contributed by atoms with Crippen molar-refractivity contribution in [1.82, 2.24) is 9.21 Å². The number of aliphatic carboxylic acids is 1. The zero-order valence-electron chi connectivity index (χ0n) is 26.0. The van der Waals surface area contributed by atoms with Gasteiger partial charge in [-0.2, -0.15) is 4.31 Å². The van der Waals surface area contributed by atoms with Gasteiger partial charge in [0, 0.05) is 24.0 Å². The molecule has 0 radical (unpaired) electrons. The van der Waals surface area contributed by atoms with Crippen LogP contribution in [-0.4, -0.2) is 71.6 Å². The van der Waals surface area contributed by atoms with Crippen LogP contribution in [0.5, 0.6) is 5.75 Å². The Bertz CT molecular complexity index is 1880. The number of hydrogen-bond acceptors (Lipinski definition) is 6. The van der Waals surface area contributed by atoms with Gasteiger partial charge in [0.2, 0.25) is 10.0 Å². The number of aromatic carboxylic acids is 1. The summed E-state index contributed by atoms with van der Waals surface area (Å²) in [6.45, 7) is 3.05. The van der Waals surface area contributed by atoms with Crippen molar-refractivity contribution < 1.29 is 33.0 Å². The van der Waals surface area contributed by atoms with E-state index in [1.807, 2.05) is 18.2 Å². The summed E-state index contributed by atoms with van der Waals surface area (Å²) in [4.78, 5) is 27.2. The SMILES string of the molecule is Cl.O=C(O)c1cccc(CN(C2(C(=O)O)CC2c2cccc(OCCN3CCCC3)c2)S(=O)(=O)c2ccc(-c3ccc(Cl)cc3)cc2)c1. The van der Waals surface area contributed by atoms with Gasteiger partial charge in [-0.25, -0.2) is 13.2 Å². The van der Waals surface area contributed by atoms with Gasteiger partial charge >= 0.3 is 11.9 Å². The zero-order chi connectivity index (χ0) is 33.2. The normalized spacial score (nSPS) is 19.1. The average Bonchev–Trinajstić information content (AvgIpc) is 3.62. The molecule has 0 bridgehead atoms. The molecule has 12 heteroatoms. The minimum Gasteiger partial charge on any atom is -0.492 e. The number of rotatable bonds is 13. The van der Waals surface area contributed by atoms with Gasteiger partial charge in [-0.15, -0.1) is 12.4 Å². The predicted octanol–water partition coefficient (Wildman–Crippen LogP) is 6.80. The van der Waals surface area contributed by atoms with Crippen molar-refractivity contribution >= 4 is 46.0 Å². The van der Waals surface area contributed by atoms with E-state index < -0.39 is 33.4 Å². The van der Waals surface area contributed by atoms with Gasteiger partial charge in [-0.3, -0.25) is 9.69 Å². The number of likely N-dealkylation sites (tertiary alicyclic amines) is 1. The molecule has 2 aliphatic rings. The fourth-order valence-electron chi connectivity index (χ4n) is 6.38. The van der Waals surface area contributed by atoms with Crippen molar-refractivity contribution in [2.75, 3.05) is 26.2 Å². The molecule has 2 fully saturated rings. The smallest absolute Gasteiger partial charge is 0.335 e. The fraction of sp³-hybridized carbons (Fsp3) is 0.278. The van der Waals surface area contributed by atoms with Gasteiger partial charge < -0.3 is 14.9 Å². The number of carboxylic acid groups (broad SMARTS) is 2. The van der Waals surface area contributed by atoms with Crippen LogP contribution in [0.3, 0.4) is 0 Å². The number of nitrogens with zero attached hydrogens (tertiary/aromatic N) is 2. The minimum atomic E-state index is -4.41. The van der Waals surface area contributed by atoms with Crippen LogP contribution >= 0.6 is 24.0 Å². The van der Waals surface area contributed by atoms with Crippen molar-refractivity contribution in [2.24, 2.45) is 0 Å². The van der Waals surface area contributed by atoms with E-state index >= 15 is 0 Å². The Hall–Kier alpha value is -3.93. The molecule has 48 heavy (non-hydrogen) atoms. The van der Waals surface area contributed by atoms with Crippen molar-refractivity contribution in [3.8, 4) is 16.9 Å². The number of carbonyl (C=O) groups is 2. The van der Waals surface area contributed by atoms with Crippen LogP contribution in [-0.2, 0) is 21.4 Å². The second kappa shape index (κ2) is 14.7. The second-order valence-corrected chi connectivity index (χ2v) is 14.3. The van der Waals surface area contributed by atoms with Crippen LogP contribution in [0.1, 0.15) is 46.7 Å². The predicted molar refractivity (Wildman–Crippen MR) is 186 cm³/mol. The Morgan fingerprint density at radius 2 is 1.54 bits per heavy atom. The largest absolute Gasteiger partial charge is 0.492 e. The Morgan fingerprint density at radius 1 is 0.896 bits per heavy atom. The van der Waals surface area contributed by atoms with E-state index in [0.29, 0.717) is 28.5 Å². The number of hydrogen-bond donors (Lipinski definition) is 2. The van der Waals surface area contributed by atoms with Crippen molar-refractivity contribution in [1.29, 1.82) is 0 Å². The number of sulfonamides is 1. The number of benzene rings is 4. The molecule has 1 heterocycles. The van der Waals surface area contributed by atoms with Gasteiger partial charge in [0.05, 0.1) is 10.5 Å². The molecule has 4 aromatic rings. The lowest BCUT2D eigenvalue weighted by Gasteiger charge is -2.30. The highest BCUT2D eigenvalue weighted by atomic mass is 35.5. The first-order valence-electron chi connectivity index (χ1n) is 15.5. The summed E-state index contributed by atoms with van der Waals surface area (Å²) in [5, 5.41) is 20.9. The van der Waals surface area contributed by atoms with Crippen LogP contribution < -0.4 is 4.74 Å². The highest BCUT2D eigenvalue weighted by Crippen LogP contribution is 2.58. The van der Waals surface area contributed by atoms with Gasteiger partial charge in [0.25, 0.3) is 0 Å². The Morgan fingerprint density at radius 3 is 2.19 bits per heavy atom. The standard InChI is InChI=1S/C36H35ClN2O7S.ClH/c37-30-13-9-26(10-14-30)27-11-15-32(16-12-27)47(44,45)39(24-25-5-3-7-29(21-25)34(40)41)36(35(42)43)23-33(36)28-6-4-8-31(22-28)46-20-19-38-17-1-2-18-38;/h3-16,21-22,33H,1-2,17-20,23-24H2,(H,40,41)(H,42,43);1H. The maximum Gasteiger partial charge on any atom is 0.335 e. The minimum absolute atomic E-state index is 0. The summed E-state index contributed by atoms with van der Waals surface area (Å²) < 4.78 is 35.9. The molecule has 252 valence electrons. The molecule has 1 saturated heterocycles. The first kappa shape index (κ1) is 35.4. The van der Waals surface area contributed by atoms with Crippen LogP contribution in [0.15, 0.2) is 102 Å². The summed E-state index contributed by atoms with van der Waals surface area (Å²) >= 11 is 6.02. The molecule has 2 atom stereocenters. The van der Waals surface area contributed by atoms with E-state index in [4.69, 9.17) is 16.3 Å². The molecular formula is C36H36Cl2N2O7S. The Balaban J connectivity index is 0.00000451. The van der Waals surface area contributed by atoms with Gasteiger partial charge in [0.1, 0.15) is 17.9 Å². The molecule has 0 aromatic heterocycles. The number of ether oxygens (including phenoxy) is 1. The number of halogens is 2. The van der Waals surface area contributed by atoms with E-state index in [0.717, 1.165) is 35.1 Å². The van der Waals surface area contributed by atoms with E-state index in [1.54, 1.807) is 48.5 Å². The van der Waals surface area contributed by atoms with Gasteiger partial charge in [-0.1, -0.05) is 60.1 Å². The van der Waals surface area contributed by atoms with Crippen molar-refractivity contribution in [3.05, 3.63) is 119 Å². The summed E-state index contributed by atoms with van der Waals surface area (Å²) in [6, 6.07) is 26.5. The van der Waals surface area contributed by atoms with Gasteiger partial charge in [0.15, 0.2) is 0 Å². The van der Waals surface area contributed by atoms with Crippen molar-refractivity contribution in [2.45, 2.75) is 42.2 Å². The molecular weight excluding hydrogens is 675 g/mol. The zero-order valence-corrected chi connectivity index (χ0v) is 28.4. The Kier molecular flexibility index (Phi) is 10.8. The first-order chi connectivity index (χ1) is 22.6. The summed E-state index contributed by atoms with van der Waals surface area (Å²) in [6.07, 6.45) is 2.40. The second-order valence-electron chi connectivity index (χ2n) is 12.0. The molecule has 1 saturated carbocycles. The van der Waals surface area contributed by atoms with Crippen LogP contribution in [0.4, 0.5) is 0 Å². The third-order valence-corrected chi connectivity index (χ3v) is 11.2. The highest BCUT2D eigenvalue weighted by molar-refractivity contribution is 7.89. The molecule has 1 aliphatic heterocycles. The van der Waals surface area contributed by atoms with Crippen LogP contribution in [0.25, 0.3) is 11.1 Å². The van der Waals surface area contributed by atoms with E-state index in [2.05, 4.69) is 4.90 Å². The van der Waals surface area contributed by atoms with E-state index in [1.165, 1.54) is 43.2 Å². The topological polar surface area (TPSA) is 124 Å². The molecule has 6 rings (SSSR count). The maximum absolute atomic E-state index is 14.4. The Labute approximate surface area is 291 Å². The van der Waals surface area contributed by atoms with Crippen molar-refractivity contribution in [3.63, 3.8) is 0 Å². The third-order valence-electron chi connectivity index (χ3n) is 9.00. The molecule has 0 spiro atoms. The van der Waals surface area contributed by atoms with E-state index in [-0.39, 0.29) is 35.8 Å². The summed E-state index contributed by atoms with van der Waals surface area (Å²) in [5.74, 6) is -2.52. The lowest BCUT2D eigenvalue weighted by molar-refractivity contribution is -0.143. The van der Waals surface area contributed by atoms with Crippen LogP contribution in [0.2, 0.25) is 5.02 Å². The third kappa shape index (κ3) is 7.38. The molecule has 2 N–H and O–H groups in total. The van der Waals surface area contributed by atoms with Crippen LogP contribution in [0, 0.1) is 0 Å². The first-order valence-corrected chi connectivity index (χ1v) is 17.3. The highest BCUT2D eigenvalue weighted by Gasteiger charge is 2.68. The summed E-state index contributed by atoms with van der Waals surface area (Å²) in [5.41, 5.74) is 0.789. The lowest BCUT2D eigenvalue weighted by atomic mass is 10.0. The molecule has 4 aromatic carbocycles. The quantitative estimate of drug-likeness (QED) is 0.155. The number of carboxylic acids is 2. The van der Waals surface area contributed by atoms with Gasteiger partial charge in [-0.05, 0) is 103 Å². The lowest BCUT2D eigenvalue weighted by Crippen LogP contribution is -2.48. The van der Waals surface area contributed by atoms with E-state index in [9.17, 15) is 28.2 Å². The fourth-order valence-corrected chi connectivity index (χ4v) is 8.27. The molecule has 9 nitrogen and oxygen atoms in total. The molecule has 2 unspecified atom stereocenters. The maximum atomic E-state index is 14.4.